The zero-order valence-corrected chi connectivity index (χ0v) is 7.48. The van der Waals surface area contributed by atoms with Gasteiger partial charge in [-0.25, -0.2) is 0 Å². The molecule has 2 radical (unpaired) electrons. The molecular formula is C8H14BNO3. The molecule has 0 amide bonds. The number of aliphatic hydroxyl groups is 1. The molecule has 0 spiro atoms. The quantitative estimate of drug-likeness (QED) is 0.438. The molecule has 1 aliphatic heterocycles. The predicted molar refractivity (Wildman–Crippen MR) is 49.2 cm³/mol. The lowest BCUT2D eigenvalue weighted by Crippen LogP contribution is -2.28. The average Bonchev–Trinajstić information content (AvgIpc) is 2.46. The summed E-state index contributed by atoms with van der Waals surface area (Å²) in [4.78, 5) is 0. The Morgan fingerprint density at radius 1 is 1.77 bits per heavy atom. The fourth-order valence-electron chi connectivity index (χ4n) is 1.30. The molecule has 0 unspecified atom stereocenters. The lowest BCUT2D eigenvalue weighted by Gasteiger charge is -2.18. The molecule has 0 aromatic heterocycles. The second-order valence-electron chi connectivity index (χ2n) is 3.03. The Morgan fingerprint density at radius 3 is 3.00 bits per heavy atom. The molecule has 3 N–H and O–H groups in total. The molecule has 4 nitrogen and oxygen atoms in total. The van der Waals surface area contributed by atoms with Crippen LogP contribution in [0.2, 0.25) is 0 Å². The number of hydrogen-bond donors (Lipinski definition) is 2. The largest absolute Gasteiger partial charge is 0.491 e. The fraction of sp³-hybridized carbons (Fsp3) is 0.750. The van der Waals surface area contributed by atoms with E-state index in [2.05, 4.69) is 6.58 Å². The van der Waals surface area contributed by atoms with Crippen LogP contribution in [0.4, 0.5) is 0 Å². The summed E-state index contributed by atoms with van der Waals surface area (Å²) in [6, 6.07) is -0.368. The lowest BCUT2D eigenvalue weighted by atomic mass is 9.96. The number of hydrogen-bond acceptors (Lipinski definition) is 4. The van der Waals surface area contributed by atoms with Gasteiger partial charge in [0.1, 0.15) is 25.8 Å². The van der Waals surface area contributed by atoms with E-state index in [-0.39, 0.29) is 31.4 Å². The second kappa shape index (κ2) is 4.65. The smallest absolute Gasteiger partial charge is 0.128 e. The van der Waals surface area contributed by atoms with Gasteiger partial charge in [0, 0.05) is 12.4 Å². The minimum atomic E-state index is -0.368. The molecule has 0 aromatic carbocycles. The summed E-state index contributed by atoms with van der Waals surface area (Å²) < 4.78 is 10.5. The van der Waals surface area contributed by atoms with Crippen molar-refractivity contribution in [1.82, 2.24) is 0 Å². The maximum Gasteiger partial charge on any atom is 0.128 e. The Morgan fingerprint density at radius 2 is 2.46 bits per heavy atom. The first-order chi connectivity index (χ1) is 6.17. The minimum absolute atomic E-state index is 0.101. The third-order valence-corrected chi connectivity index (χ3v) is 1.95. The Kier molecular flexibility index (Phi) is 3.78. The third kappa shape index (κ3) is 2.72. The van der Waals surface area contributed by atoms with Crippen LogP contribution in [0.5, 0.6) is 0 Å². The number of aliphatic hydroxyl groups excluding tert-OH is 1. The van der Waals surface area contributed by atoms with Crippen LogP contribution in [-0.2, 0) is 9.47 Å². The summed E-state index contributed by atoms with van der Waals surface area (Å²) >= 11 is 0. The van der Waals surface area contributed by atoms with Crippen LogP contribution in [0.3, 0.4) is 0 Å². The van der Waals surface area contributed by atoms with E-state index in [0.29, 0.717) is 12.2 Å². The fourth-order valence-corrected chi connectivity index (χ4v) is 1.30. The first-order valence-electron chi connectivity index (χ1n) is 4.23. The highest BCUT2D eigenvalue weighted by Gasteiger charge is 2.33. The molecule has 0 aliphatic carbocycles. The Hall–Kier alpha value is -0.515. The molecule has 3 atom stereocenters. The molecule has 1 aliphatic rings. The van der Waals surface area contributed by atoms with Gasteiger partial charge in [0.2, 0.25) is 0 Å². The summed E-state index contributed by atoms with van der Waals surface area (Å²) in [5.41, 5.74) is 5.31. The molecule has 1 rings (SSSR count). The zero-order valence-electron chi connectivity index (χ0n) is 7.48. The summed E-state index contributed by atoms with van der Waals surface area (Å²) in [5, 5.41) is 8.92. The van der Waals surface area contributed by atoms with E-state index >= 15 is 0 Å². The van der Waals surface area contributed by atoms with E-state index < -0.39 is 0 Å². The van der Waals surface area contributed by atoms with Gasteiger partial charge in [-0.15, -0.1) is 0 Å². The highest BCUT2D eigenvalue weighted by molar-refractivity contribution is 6.11. The van der Waals surface area contributed by atoms with Crippen LogP contribution in [-0.4, -0.2) is 44.3 Å². The summed E-state index contributed by atoms with van der Waals surface area (Å²) in [7, 11) is 5.53. The lowest BCUT2D eigenvalue weighted by molar-refractivity contribution is -0.0161. The third-order valence-electron chi connectivity index (χ3n) is 1.95. The molecule has 1 heterocycles. The minimum Gasteiger partial charge on any atom is -0.491 e. The topological polar surface area (TPSA) is 64.7 Å². The maximum absolute atomic E-state index is 8.92. The molecule has 1 saturated heterocycles. The standard InChI is InChI=1S/C8H14BNO3/c1-5(3-10)12-6-2-8(9)13-7(6)4-11/h6-8,11H,1-4,10H2/t6-,7-,8-/m0/s1. The van der Waals surface area contributed by atoms with Crippen LogP contribution < -0.4 is 5.73 Å². The number of rotatable bonds is 4. The van der Waals surface area contributed by atoms with Crippen molar-refractivity contribution in [3.05, 3.63) is 12.3 Å². The maximum atomic E-state index is 8.92. The highest BCUT2D eigenvalue weighted by atomic mass is 16.6. The van der Waals surface area contributed by atoms with E-state index in [1.165, 1.54) is 0 Å². The van der Waals surface area contributed by atoms with Gasteiger partial charge in [-0.2, -0.15) is 0 Å². The first kappa shape index (κ1) is 10.6. The normalized spacial score (nSPS) is 33.2. The van der Waals surface area contributed by atoms with Crippen molar-refractivity contribution < 1.29 is 14.6 Å². The number of ether oxygens (including phenoxy) is 2. The van der Waals surface area contributed by atoms with Crippen molar-refractivity contribution in [2.45, 2.75) is 24.6 Å². The van der Waals surface area contributed by atoms with Gasteiger partial charge in [0.15, 0.2) is 0 Å². The monoisotopic (exact) mass is 183 g/mol. The van der Waals surface area contributed by atoms with Crippen LogP contribution >= 0.6 is 0 Å². The van der Waals surface area contributed by atoms with E-state index in [1.807, 2.05) is 0 Å². The Bertz CT molecular complexity index is 188. The van der Waals surface area contributed by atoms with Crippen LogP contribution in [0, 0.1) is 0 Å². The van der Waals surface area contributed by atoms with Crippen LogP contribution in [0.15, 0.2) is 12.3 Å². The van der Waals surface area contributed by atoms with Gasteiger partial charge >= 0.3 is 0 Å². The Balaban J connectivity index is 2.43. The van der Waals surface area contributed by atoms with Crippen molar-refractivity contribution in [1.29, 1.82) is 0 Å². The van der Waals surface area contributed by atoms with Crippen LogP contribution in [0.25, 0.3) is 0 Å². The molecule has 0 bridgehead atoms. The molecule has 13 heavy (non-hydrogen) atoms. The summed E-state index contributed by atoms with van der Waals surface area (Å²) in [5.74, 6) is 0.487. The van der Waals surface area contributed by atoms with Gasteiger partial charge in [0.05, 0.1) is 13.2 Å². The molecule has 5 heteroatoms. The number of nitrogens with two attached hydrogens (primary N) is 1. The van der Waals surface area contributed by atoms with Crippen LogP contribution in [0.1, 0.15) is 6.42 Å². The summed E-state index contributed by atoms with van der Waals surface area (Å²) in [6.07, 6.45) is -0.0288. The second-order valence-corrected chi connectivity index (χ2v) is 3.03. The van der Waals surface area contributed by atoms with Gasteiger partial charge in [0.25, 0.3) is 0 Å². The molecule has 72 valence electrons. The van der Waals surface area contributed by atoms with E-state index in [4.69, 9.17) is 28.2 Å². The first-order valence-corrected chi connectivity index (χ1v) is 4.23. The molecule has 0 saturated carbocycles. The van der Waals surface area contributed by atoms with E-state index in [1.54, 1.807) is 0 Å². The van der Waals surface area contributed by atoms with E-state index in [9.17, 15) is 0 Å². The predicted octanol–water partition coefficient (Wildman–Crippen LogP) is -0.880. The molecular weight excluding hydrogens is 169 g/mol. The SMILES string of the molecule is [B][C@@H]1C[C@H](OC(=C)CN)[C@H](CO)O1. The van der Waals surface area contributed by atoms with Crippen molar-refractivity contribution in [2.24, 2.45) is 5.73 Å². The van der Waals surface area contributed by atoms with Crippen molar-refractivity contribution in [3.8, 4) is 0 Å². The van der Waals surface area contributed by atoms with Gasteiger partial charge < -0.3 is 20.3 Å². The van der Waals surface area contributed by atoms with Crippen molar-refractivity contribution in [3.63, 3.8) is 0 Å². The molecule has 1 fully saturated rings. The highest BCUT2D eigenvalue weighted by Crippen LogP contribution is 2.22. The van der Waals surface area contributed by atoms with Gasteiger partial charge in [-0.05, 0) is 0 Å². The Labute approximate surface area is 79.1 Å². The van der Waals surface area contributed by atoms with Crippen molar-refractivity contribution in [2.75, 3.05) is 13.2 Å². The summed E-state index contributed by atoms with van der Waals surface area (Å²) in [6.45, 7) is 3.77. The van der Waals surface area contributed by atoms with E-state index in [0.717, 1.165) is 0 Å². The van der Waals surface area contributed by atoms with Crippen molar-refractivity contribution >= 4 is 7.85 Å². The van der Waals surface area contributed by atoms with Gasteiger partial charge in [-0.1, -0.05) is 6.58 Å². The molecule has 0 aromatic rings. The average molecular weight is 183 g/mol. The van der Waals surface area contributed by atoms with Gasteiger partial charge in [-0.3, -0.25) is 0 Å². The zero-order chi connectivity index (χ0) is 9.84.